The first-order chi connectivity index (χ1) is 20.3. The zero-order valence-electron chi connectivity index (χ0n) is 22.2. The number of hydrogen-bond acceptors (Lipinski definition) is 7. The van der Waals surface area contributed by atoms with E-state index >= 15 is 0 Å². The number of benzene rings is 4. The first-order valence-electron chi connectivity index (χ1n) is 12.8. The van der Waals surface area contributed by atoms with Crippen LogP contribution in [0, 0.1) is 17.1 Å². The second-order valence-electron chi connectivity index (χ2n) is 9.20. The molecule has 212 valence electrons. The molecule has 0 bridgehead atoms. The Kier molecular flexibility index (Phi) is 8.53. The van der Waals surface area contributed by atoms with Gasteiger partial charge in [-0.3, -0.25) is 0 Å². The molecule has 42 heavy (non-hydrogen) atoms. The van der Waals surface area contributed by atoms with Crippen LogP contribution in [0.4, 0.5) is 4.39 Å². The van der Waals surface area contributed by atoms with Crippen LogP contribution in [0.2, 0.25) is 10.0 Å². The maximum Gasteiger partial charge on any atom is 0.343 e. The van der Waals surface area contributed by atoms with Crippen molar-refractivity contribution in [2.45, 2.75) is 19.4 Å². The second-order valence-corrected chi connectivity index (χ2v) is 10.0. The van der Waals surface area contributed by atoms with Gasteiger partial charge in [0.25, 0.3) is 0 Å². The van der Waals surface area contributed by atoms with Gasteiger partial charge >= 0.3 is 5.97 Å². The quantitative estimate of drug-likeness (QED) is 0.163. The number of allylic oxidation sites excluding steroid dienone is 1. The molecule has 0 fully saturated rings. The van der Waals surface area contributed by atoms with Crippen molar-refractivity contribution in [3.05, 3.63) is 128 Å². The summed E-state index contributed by atoms with van der Waals surface area (Å²) in [6, 6.07) is 23.1. The van der Waals surface area contributed by atoms with Crippen molar-refractivity contribution in [2.75, 3.05) is 6.61 Å². The first kappa shape index (κ1) is 28.8. The molecule has 0 aliphatic carbocycles. The zero-order chi connectivity index (χ0) is 29.8. The lowest BCUT2D eigenvalue weighted by atomic mass is 9.83. The van der Waals surface area contributed by atoms with Gasteiger partial charge < -0.3 is 24.7 Å². The summed E-state index contributed by atoms with van der Waals surface area (Å²) in [5.41, 5.74) is 8.69. The Bertz CT molecular complexity index is 1710. The fourth-order valence-electron chi connectivity index (χ4n) is 4.50. The number of nitrogens with two attached hydrogens (primary N) is 1. The lowest BCUT2D eigenvalue weighted by molar-refractivity contribution is 0.0734. The van der Waals surface area contributed by atoms with Crippen molar-refractivity contribution in [3.8, 4) is 29.1 Å². The lowest BCUT2D eigenvalue weighted by Crippen LogP contribution is -2.21. The lowest BCUT2D eigenvalue weighted by Gasteiger charge is -2.27. The van der Waals surface area contributed by atoms with Gasteiger partial charge in [0.15, 0.2) is 5.75 Å². The number of carbonyl (C=O) groups is 1. The number of rotatable bonds is 8. The predicted octanol–water partition coefficient (Wildman–Crippen LogP) is 7.55. The highest BCUT2D eigenvalue weighted by Crippen LogP contribution is 2.44. The van der Waals surface area contributed by atoms with E-state index in [0.717, 1.165) is 11.1 Å². The molecule has 0 aromatic heterocycles. The van der Waals surface area contributed by atoms with Crippen LogP contribution < -0.4 is 24.7 Å². The van der Waals surface area contributed by atoms with Gasteiger partial charge in [-0.1, -0.05) is 53.5 Å². The molecule has 1 unspecified atom stereocenters. The van der Waals surface area contributed by atoms with Crippen LogP contribution in [-0.2, 0) is 6.61 Å². The van der Waals surface area contributed by atoms with E-state index in [0.29, 0.717) is 23.7 Å². The highest BCUT2D eigenvalue weighted by atomic mass is 35.5. The van der Waals surface area contributed by atoms with E-state index in [2.05, 4.69) is 6.07 Å². The number of ether oxygens (including phenoxy) is 4. The van der Waals surface area contributed by atoms with Gasteiger partial charge in [-0.15, -0.1) is 0 Å². The Hall–Kier alpha value is -4.71. The molecule has 0 spiro atoms. The number of nitrogens with zero attached hydrogens (tertiary/aromatic N) is 1. The number of hydrogen-bond donors (Lipinski definition) is 1. The Balaban J connectivity index is 1.40. The van der Waals surface area contributed by atoms with Crippen LogP contribution >= 0.6 is 23.2 Å². The average Bonchev–Trinajstić information content (AvgIpc) is 2.98. The van der Waals surface area contributed by atoms with Crippen LogP contribution in [0.3, 0.4) is 0 Å². The smallest absolute Gasteiger partial charge is 0.343 e. The van der Waals surface area contributed by atoms with Gasteiger partial charge in [0.1, 0.15) is 41.3 Å². The zero-order valence-corrected chi connectivity index (χ0v) is 23.7. The minimum absolute atomic E-state index is 0.0683. The van der Waals surface area contributed by atoms with Gasteiger partial charge in [-0.05, 0) is 60.5 Å². The summed E-state index contributed by atoms with van der Waals surface area (Å²) in [5.74, 6) is -0.310. The highest BCUT2D eigenvalue weighted by molar-refractivity contribution is 6.37. The normalized spacial score (nSPS) is 13.9. The van der Waals surface area contributed by atoms with E-state index < -0.39 is 11.9 Å². The molecule has 1 aliphatic heterocycles. The molecule has 5 rings (SSSR count). The monoisotopic (exact) mass is 604 g/mol. The van der Waals surface area contributed by atoms with E-state index in [1.807, 2.05) is 6.07 Å². The number of halogens is 3. The summed E-state index contributed by atoms with van der Waals surface area (Å²) in [6.07, 6.45) is 0. The molecule has 2 N–H and O–H groups in total. The molecule has 4 aromatic rings. The second kappa shape index (κ2) is 12.4. The average molecular weight is 605 g/mol. The standard InChI is InChI=1S/C32H23Cl2FN2O5/c1-2-39-30-26(33)13-20(14-27(30)34)32(38)41-23-10-11-24-28(15-23)42-31(37)25(16-36)29(24)19-4-3-5-22(12-19)40-17-18-6-8-21(35)9-7-18/h3-15,29H,2,17,37H2,1H3. The molecule has 1 atom stereocenters. The Labute approximate surface area is 251 Å². The summed E-state index contributed by atoms with van der Waals surface area (Å²) >= 11 is 12.5. The minimum atomic E-state index is -0.693. The van der Waals surface area contributed by atoms with Crippen molar-refractivity contribution in [2.24, 2.45) is 5.73 Å². The van der Waals surface area contributed by atoms with Gasteiger partial charge in [0.05, 0.1) is 28.1 Å². The maximum absolute atomic E-state index is 13.2. The molecule has 4 aromatic carbocycles. The van der Waals surface area contributed by atoms with Crippen molar-refractivity contribution in [3.63, 3.8) is 0 Å². The molecular weight excluding hydrogens is 582 g/mol. The van der Waals surface area contributed by atoms with Gasteiger partial charge in [0, 0.05) is 11.6 Å². The molecule has 0 saturated carbocycles. The maximum atomic E-state index is 13.2. The summed E-state index contributed by atoms with van der Waals surface area (Å²) < 4.78 is 35.9. The summed E-state index contributed by atoms with van der Waals surface area (Å²) in [6.45, 7) is 2.38. The molecular formula is C32H23Cl2FN2O5. The van der Waals surface area contributed by atoms with Gasteiger partial charge in [-0.25, -0.2) is 9.18 Å². The Morgan fingerprint density at radius 2 is 1.74 bits per heavy atom. The topological polar surface area (TPSA) is 104 Å². The third-order valence-electron chi connectivity index (χ3n) is 6.43. The van der Waals surface area contributed by atoms with Crippen molar-refractivity contribution in [1.82, 2.24) is 0 Å². The fourth-order valence-corrected chi connectivity index (χ4v) is 5.10. The molecule has 1 aliphatic rings. The number of fused-ring (bicyclic) bond motifs is 1. The molecule has 7 nitrogen and oxygen atoms in total. The van der Waals surface area contributed by atoms with E-state index in [4.69, 9.17) is 47.9 Å². The van der Waals surface area contributed by atoms with Crippen molar-refractivity contribution < 1.29 is 28.1 Å². The minimum Gasteiger partial charge on any atom is -0.491 e. The number of esters is 1. The van der Waals surface area contributed by atoms with E-state index in [1.165, 1.54) is 30.3 Å². The van der Waals surface area contributed by atoms with Gasteiger partial charge in [-0.2, -0.15) is 5.26 Å². The van der Waals surface area contributed by atoms with Crippen LogP contribution in [0.5, 0.6) is 23.0 Å². The summed E-state index contributed by atoms with van der Waals surface area (Å²) in [4.78, 5) is 12.9. The predicted molar refractivity (Wildman–Crippen MR) is 156 cm³/mol. The van der Waals surface area contributed by atoms with Crippen molar-refractivity contribution in [1.29, 1.82) is 5.26 Å². The van der Waals surface area contributed by atoms with Crippen molar-refractivity contribution >= 4 is 29.2 Å². The van der Waals surface area contributed by atoms with Crippen LogP contribution in [0.1, 0.15) is 39.9 Å². The van der Waals surface area contributed by atoms with Crippen LogP contribution in [-0.4, -0.2) is 12.6 Å². The van der Waals surface area contributed by atoms with E-state index in [1.54, 1.807) is 49.4 Å². The third-order valence-corrected chi connectivity index (χ3v) is 7.00. The SMILES string of the molecule is CCOc1c(Cl)cc(C(=O)Oc2ccc3c(c2)OC(N)=C(C#N)C3c2cccc(OCc3ccc(F)cc3)c2)cc1Cl. The first-order valence-corrected chi connectivity index (χ1v) is 13.6. The van der Waals surface area contributed by atoms with Crippen LogP contribution in [0.15, 0.2) is 90.3 Å². The molecule has 10 heteroatoms. The largest absolute Gasteiger partial charge is 0.491 e. The number of carbonyl (C=O) groups excluding carboxylic acids is 1. The molecule has 0 amide bonds. The molecule has 1 heterocycles. The molecule has 0 radical (unpaired) electrons. The number of nitriles is 1. The highest BCUT2D eigenvalue weighted by Gasteiger charge is 2.31. The van der Waals surface area contributed by atoms with E-state index in [-0.39, 0.29) is 51.0 Å². The van der Waals surface area contributed by atoms with Crippen LogP contribution in [0.25, 0.3) is 0 Å². The summed E-state index contributed by atoms with van der Waals surface area (Å²) in [7, 11) is 0. The van der Waals surface area contributed by atoms with E-state index in [9.17, 15) is 14.4 Å². The Morgan fingerprint density at radius 3 is 2.43 bits per heavy atom. The third kappa shape index (κ3) is 6.13. The molecule has 0 saturated heterocycles. The fraction of sp³-hybridized carbons (Fsp3) is 0.125. The van der Waals surface area contributed by atoms with Gasteiger partial charge in [0.2, 0.25) is 5.88 Å². The Morgan fingerprint density at radius 1 is 1.00 bits per heavy atom. The summed E-state index contributed by atoms with van der Waals surface area (Å²) in [5, 5.41) is 10.3.